The topological polar surface area (TPSA) is 97.1 Å². The summed E-state index contributed by atoms with van der Waals surface area (Å²) in [5.41, 5.74) is 3.57. The van der Waals surface area contributed by atoms with E-state index in [0.717, 1.165) is 36.7 Å². The number of nitrogens with zero attached hydrogens (tertiary/aromatic N) is 3. The fourth-order valence-electron chi connectivity index (χ4n) is 3.61. The van der Waals surface area contributed by atoms with Crippen LogP contribution in [0.2, 0.25) is 0 Å². The predicted octanol–water partition coefficient (Wildman–Crippen LogP) is 3.88. The van der Waals surface area contributed by atoms with Crippen LogP contribution in [0.15, 0.2) is 65.8 Å². The minimum Gasteiger partial charge on any atom is -0.484 e. The number of amides is 1. The molecule has 1 fully saturated rings. The predicted molar refractivity (Wildman–Crippen MR) is 120 cm³/mol. The molecule has 1 amide bonds. The van der Waals surface area contributed by atoms with Gasteiger partial charge in [-0.1, -0.05) is 36.4 Å². The lowest BCUT2D eigenvalue weighted by Gasteiger charge is -2.17. The van der Waals surface area contributed by atoms with E-state index >= 15 is 0 Å². The fraction of sp³-hybridized carbons (Fsp3) is 0.217. The Morgan fingerprint density at radius 3 is 2.65 bits per heavy atom. The van der Waals surface area contributed by atoms with Gasteiger partial charge in [-0.15, -0.1) is 0 Å². The Hall–Kier alpha value is -3.94. The molecule has 3 aromatic carbocycles. The van der Waals surface area contributed by atoms with Crippen LogP contribution >= 0.6 is 0 Å². The van der Waals surface area contributed by atoms with Crippen LogP contribution in [0.3, 0.4) is 0 Å². The van der Waals surface area contributed by atoms with E-state index in [-0.39, 0.29) is 17.2 Å². The van der Waals surface area contributed by atoms with Gasteiger partial charge in [0.2, 0.25) is 0 Å². The third-order valence-corrected chi connectivity index (χ3v) is 5.14. The van der Waals surface area contributed by atoms with E-state index < -0.39 is 5.91 Å². The van der Waals surface area contributed by atoms with Crippen LogP contribution in [0.25, 0.3) is 10.8 Å². The number of nitrogens with one attached hydrogen (secondary N) is 1. The first kappa shape index (κ1) is 20.3. The zero-order valence-electron chi connectivity index (χ0n) is 16.9. The molecule has 1 aliphatic rings. The number of nitro benzene ring substituents is 1. The molecule has 3 aromatic rings. The average molecular weight is 418 g/mol. The van der Waals surface area contributed by atoms with Crippen LogP contribution in [0.5, 0.6) is 5.75 Å². The average Bonchev–Trinajstić information content (AvgIpc) is 3.32. The number of hydrogen-bond acceptors (Lipinski definition) is 6. The lowest BCUT2D eigenvalue weighted by molar-refractivity contribution is -0.384. The van der Waals surface area contributed by atoms with Crippen LogP contribution in [-0.2, 0) is 4.79 Å². The normalized spacial score (nSPS) is 13.6. The molecule has 0 atom stereocenters. The summed E-state index contributed by atoms with van der Waals surface area (Å²) in [6.45, 7) is 1.45. The van der Waals surface area contributed by atoms with Crippen molar-refractivity contribution >= 4 is 34.3 Å². The third kappa shape index (κ3) is 4.98. The Morgan fingerprint density at radius 1 is 1.10 bits per heavy atom. The fourth-order valence-corrected chi connectivity index (χ4v) is 3.61. The van der Waals surface area contributed by atoms with E-state index in [0.29, 0.717) is 17.0 Å². The smallest absolute Gasteiger partial charge is 0.293 e. The highest BCUT2D eigenvalue weighted by atomic mass is 16.6. The van der Waals surface area contributed by atoms with Gasteiger partial charge in [0.15, 0.2) is 6.61 Å². The Morgan fingerprint density at radius 2 is 1.87 bits per heavy atom. The summed E-state index contributed by atoms with van der Waals surface area (Å²) in [7, 11) is 0. The van der Waals surface area contributed by atoms with Gasteiger partial charge in [0.25, 0.3) is 11.6 Å². The first-order chi connectivity index (χ1) is 15.1. The minimum atomic E-state index is -0.424. The van der Waals surface area contributed by atoms with Crippen LogP contribution in [0.4, 0.5) is 11.4 Å². The van der Waals surface area contributed by atoms with Crippen LogP contribution in [-0.4, -0.2) is 36.7 Å². The molecule has 1 aliphatic heterocycles. The Kier molecular flexibility index (Phi) is 6.07. The number of carbonyl (C=O) groups excluding carboxylic acids is 1. The van der Waals surface area contributed by atoms with Crippen LogP contribution < -0.4 is 15.1 Å². The Labute approximate surface area is 179 Å². The lowest BCUT2D eigenvalue weighted by Crippen LogP contribution is -2.24. The first-order valence-corrected chi connectivity index (χ1v) is 10.1. The summed E-state index contributed by atoms with van der Waals surface area (Å²) in [6, 6.07) is 18.4. The number of anilines is 1. The molecule has 1 saturated heterocycles. The molecule has 8 nitrogen and oxygen atoms in total. The zero-order valence-corrected chi connectivity index (χ0v) is 16.9. The van der Waals surface area contributed by atoms with Gasteiger partial charge in [0.1, 0.15) is 11.4 Å². The van der Waals surface area contributed by atoms with Crippen molar-refractivity contribution in [2.45, 2.75) is 12.8 Å². The second-order valence-electron chi connectivity index (χ2n) is 7.29. The van der Waals surface area contributed by atoms with Gasteiger partial charge in [-0.05, 0) is 41.8 Å². The summed E-state index contributed by atoms with van der Waals surface area (Å²) in [6.07, 6.45) is 3.45. The van der Waals surface area contributed by atoms with Crippen molar-refractivity contribution in [3.63, 3.8) is 0 Å². The van der Waals surface area contributed by atoms with E-state index in [1.54, 1.807) is 18.2 Å². The standard InChI is InChI=1S/C23H22N4O4/c28-23(16-31-20-9-8-18-5-1-2-6-19(18)14-20)25-24-15-17-7-10-21(22(13-17)27(29)30)26-11-3-4-12-26/h1-2,5-10,13-15H,3-4,11-12,16H2,(H,25,28). The van der Waals surface area contributed by atoms with Crippen molar-refractivity contribution in [1.29, 1.82) is 0 Å². The van der Waals surface area contributed by atoms with Crippen molar-refractivity contribution in [3.05, 3.63) is 76.3 Å². The van der Waals surface area contributed by atoms with Crippen molar-refractivity contribution in [2.24, 2.45) is 5.10 Å². The van der Waals surface area contributed by atoms with Crippen molar-refractivity contribution < 1.29 is 14.5 Å². The maximum atomic E-state index is 12.0. The van der Waals surface area contributed by atoms with E-state index in [1.807, 2.05) is 41.3 Å². The van der Waals surface area contributed by atoms with Gasteiger partial charge in [-0.25, -0.2) is 5.43 Å². The van der Waals surface area contributed by atoms with Gasteiger partial charge < -0.3 is 9.64 Å². The molecule has 0 unspecified atom stereocenters. The SMILES string of the molecule is O=C(COc1ccc2ccccc2c1)NN=Cc1ccc(N2CCCC2)c([N+](=O)[O-])c1. The molecular weight excluding hydrogens is 396 g/mol. The molecule has 0 bridgehead atoms. The molecule has 158 valence electrons. The molecule has 0 spiro atoms. The minimum absolute atomic E-state index is 0.0387. The molecule has 0 aromatic heterocycles. The molecule has 0 saturated carbocycles. The van der Waals surface area contributed by atoms with Gasteiger partial charge in [0, 0.05) is 24.7 Å². The molecule has 0 radical (unpaired) electrons. The molecule has 0 aliphatic carbocycles. The Bertz CT molecular complexity index is 1140. The zero-order chi connectivity index (χ0) is 21.6. The van der Waals surface area contributed by atoms with Crippen molar-refractivity contribution in [2.75, 3.05) is 24.6 Å². The third-order valence-electron chi connectivity index (χ3n) is 5.14. The summed E-state index contributed by atoms with van der Waals surface area (Å²) < 4.78 is 5.52. The largest absolute Gasteiger partial charge is 0.484 e. The van der Waals surface area contributed by atoms with Gasteiger partial charge in [0.05, 0.1) is 11.1 Å². The number of carbonyl (C=O) groups is 1. The maximum Gasteiger partial charge on any atom is 0.293 e. The number of hydrazone groups is 1. The number of hydrogen-bond donors (Lipinski definition) is 1. The molecule has 1 heterocycles. The lowest BCUT2D eigenvalue weighted by atomic mass is 10.1. The quantitative estimate of drug-likeness (QED) is 0.357. The van der Waals surface area contributed by atoms with E-state index in [4.69, 9.17) is 4.74 Å². The molecular formula is C23H22N4O4. The second kappa shape index (κ2) is 9.25. The number of benzene rings is 3. The van der Waals surface area contributed by atoms with E-state index in [1.165, 1.54) is 12.3 Å². The number of nitro groups is 1. The summed E-state index contributed by atoms with van der Waals surface area (Å²) in [5.74, 6) is 0.165. The van der Waals surface area contributed by atoms with Crippen LogP contribution in [0.1, 0.15) is 18.4 Å². The van der Waals surface area contributed by atoms with Crippen molar-refractivity contribution in [1.82, 2.24) is 5.43 Å². The summed E-state index contributed by atoms with van der Waals surface area (Å²) in [4.78, 5) is 25.1. The van der Waals surface area contributed by atoms with E-state index in [9.17, 15) is 14.9 Å². The number of ether oxygens (including phenoxy) is 1. The second-order valence-corrected chi connectivity index (χ2v) is 7.29. The van der Waals surface area contributed by atoms with Gasteiger partial charge in [-0.3, -0.25) is 14.9 Å². The molecule has 4 rings (SSSR count). The van der Waals surface area contributed by atoms with Crippen LogP contribution in [0, 0.1) is 10.1 Å². The number of fused-ring (bicyclic) bond motifs is 1. The highest BCUT2D eigenvalue weighted by Crippen LogP contribution is 2.31. The monoisotopic (exact) mass is 418 g/mol. The summed E-state index contributed by atoms with van der Waals surface area (Å²) in [5, 5.41) is 17.5. The first-order valence-electron chi connectivity index (χ1n) is 10.1. The molecule has 31 heavy (non-hydrogen) atoms. The maximum absolute atomic E-state index is 12.0. The highest BCUT2D eigenvalue weighted by Gasteiger charge is 2.22. The Balaban J connectivity index is 1.34. The van der Waals surface area contributed by atoms with Gasteiger partial charge in [-0.2, -0.15) is 5.10 Å². The summed E-state index contributed by atoms with van der Waals surface area (Å²) >= 11 is 0. The van der Waals surface area contributed by atoms with Crippen molar-refractivity contribution in [3.8, 4) is 5.75 Å². The van der Waals surface area contributed by atoms with E-state index in [2.05, 4.69) is 10.5 Å². The molecule has 1 N–H and O–H groups in total. The highest BCUT2D eigenvalue weighted by molar-refractivity contribution is 5.86. The van der Waals surface area contributed by atoms with Gasteiger partial charge >= 0.3 is 0 Å². The number of rotatable bonds is 7. The molecule has 8 heteroatoms.